The summed E-state index contributed by atoms with van der Waals surface area (Å²) in [5, 5.41) is 6.90. The standard InChI is InChI=1S/C12H12BrN3O/c1-8-11(7-14-16(8)2)15-12(17)9-3-5-10(13)6-4-9/h3-7H,1-2H3,(H,15,17). The maximum atomic E-state index is 11.9. The maximum Gasteiger partial charge on any atom is 0.255 e. The number of carbonyl (C=O) groups excluding carboxylic acids is 1. The fourth-order valence-corrected chi connectivity index (χ4v) is 1.68. The van der Waals surface area contributed by atoms with Gasteiger partial charge in [-0.25, -0.2) is 0 Å². The van der Waals surface area contributed by atoms with Crippen LogP contribution in [0.1, 0.15) is 16.1 Å². The Morgan fingerprint density at radius 1 is 1.35 bits per heavy atom. The van der Waals surface area contributed by atoms with Crippen LogP contribution in [0.15, 0.2) is 34.9 Å². The molecule has 2 aromatic rings. The summed E-state index contributed by atoms with van der Waals surface area (Å²) in [6.45, 7) is 1.91. The van der Waals surface area contributed by atoms with Crippen molar-refractivity contribution in [3.63, 3.8) is 0 Å². The first kappa shape index (κ1) is 11.9. The molecule has 1 aromatic carbocycles. The monoisotopic (exact) mass is 293 g/mol. The second kappa shape index (κ2) is 4.71. The minimum Gasteiger partial charge on any atom is -0.319 e. The Balaban J connectivity index is 2.17. The Labute approximate surface area is 108 Å². The summed E-state index contributed by atoms with van der Waals surface area (Å²) in [5.74, 6) is -0.131. The highest BCUT2D eigenvalue weighted by molar-refractivity contribution is 9.10. The van der Waals surface area contributed by atoms with Crippen LogP contribution in [0.2, 0.25) is 0 Å². The van der Waals surface area contributed by atoms with E-state index >= 15 is 0 Å². The zero-order valence-corrected chi connectivity index (χ0v) is 11.2. The molecule has 0 saturated heterocycles. The van der Waals surface area contributed by atoms with Crippen molar-refractivity contribution in [2.24, 2.45) is 7.05 Å². The van der Waals surface area contributed by atoms with Gasteiger partial charge in [0.15, 0.2) is 0 Å². The molecule has 0 saturated carbocycles. The Morgan fingerprint density at radius 2 is 2.00 bits per heavy atom. The van der Waals surface area contributed by atoms with Crippen molar-refractivity contribution in [2.45, 2.75) is 6.92 Å². The fraction of sp³-hybridized carbons (Fsp3) is 0.167. The van der Waals surface area contributed by atoms with E-state index in [0.29, 0.717) is 5.56 Å². The SMILES string of the molecule is Cc1c(NC(=O)c2ccc(Br)cc2)cnn1C. The van der Waals surface area contributed by atoms with E-state index in [2.05, 4.69) is 26.3 Å². The summed E-state index contributed by atoms with van der Waals surface area (Å²) in [5.41, 5.74) is 2.28. The molecule has 0 aliphatic rings. The number of hydrogen-bond donors (Lipinski definition) is 1. The van der Waals surface area contributed by atoms with E-state index in [1.807, 2.05) is 26.1 Å². The first-order chi connectivity index (χ1) is 8.08. The molecular weight excluding hydrogens is 282 g/mol. The van der Waals surface area contributed by atoms with Gasteiger partial charge in [0.05, 0.1) is 17.6 Å². The Morgan fingerprint density at radius 3 is 2.53 bits per heavy atom. The molecule has 0 radical (unpaired) electrons. The number of aromatic nitrogens is 2. The van der Waals surface area contributed by atoms with E-state index in [1.54, 1.807) is 23.0 Å². The summed E-state index contributed by atoms with van der Waals surface area (Å²) < 4.78 is 2.67. The van der Waals surface area contributed by atoms with Gasteiger partial charge in [0, 0.05) is 17.1 Å². The molecule has 1 amide bonds. The number of rotatable bonds is 2. The van der Waals surface area contributed by atoms with Crippen LogP contribution in [0.25, 0.3) is 0 Å². The van der Waals surface area contributed by atoms with Gasteiger partial charge in [-0.3, -0.25) is 9.48 Å². The van der Waals surface area contributed by atoms with Crippen LogP contribution >= 0.6 is 15.9 Å². The lowest BCUT2D eigenvalue weighted by Crippen LogP contribution is -2.12. The molecule has 2 rings (SSSR count). The predicted octanol–water partition coefficient (Wildman–Crippen LogP) is 2.74. The molecule has 17 heavy (non-hydrogen) atoms. The number of nitrogens with one attached hydrogen (secondary N) is 1. The van der Waals surface area contributed by atoms with Gasteiger partial charge in [-0.1, -0.05) is 15.9 Å². The minimum absolute atomic E-state index is 0.131. The quantitative estimate of drug-likeness (QED) is 0.925. The lowest BCUT2D eigenvalue weighted by atomic mass is 10.2. The summed E-state index contributed by atoms with van der Waals surface area (Å²) in [6.07, 6.45) is 1.64. The van der Waals surface area contributed by atoms with Crippen LogP contribution in [0.5, 0.6) is 0 Å². The summed E-state index contributed by atoms with van der Waals surface area (Å²) >= 11 is 3.33. The van der Waals surface area contributed by atoms with Gasteiger partial charge >= 0.3 is 0 Å². The molecule has 0 unspecified atom stereocenters. The number of anilines is 1. The molecule has 0 atom stereocenters. The van der Waals surface area contributed by atoms with Crippen LogP contribution in [-0.2, 0) is 7.05 Å². The normalized spacial score (nSPS) is 10.3. The highest BCUT2D eigenvalue weighted by Crippen LogP contribution is 2.15. The van der Waals surface area contributed by atoms with Crippen molar-refractivity contribution in [3.05, 3.63) is 46.2 Å². The molecule has 4 nitrogen and oxygen atoms in total. The highest BCUT2D eigenvalue weighted by atomic mass is 79.9. The van der Waals surface area contributed by atoms with Gasteiger partial charge in [-0.2, -0.15) is 5.10 Å². The maximum absolute atomic E-state index is 11.9. The number of hydrogen-bond acceptors (Lipinski definition) is 2. The third kappa shape index (κ3) is 2.55. The third-order valence-corrected chi connectivity index (χ3v) is 3.12. The molecule has 5 heteroatoms. The predicted molar refractivity (Wildman–Crippen MR) is 70.0 cm³/mol. The molecule has 0 aliphatic carbocycles. The average molecular weight is 294 g/mol. The number of aryl methyl sites for hydroxylation is 1. The second-order valence-electron chi connectivity index (χ2n) is 3.73. The van der Waals surface area contributed by atoms with E-state index in [-0.39, 0.29) is 5.91 Å². The Bertz CT molecular complexity index is 545. The Kier molecular flexibility index (Phi) is 3.28. The van der Waals surface area contributed by atoms with E-state index in [1.165, 1.54) is 0 Å². The van der Waals surface area contributed by atoms with Crippen molar-refractivity contribution in [1.82, 2.24) is 9.78 Å². The van der Waals surface area contributed by atoms with Crippen molar-refractivity contribution >= 4 is 27.5 Å². The Hall–Kier alpha value is -1.62. The molecular formula is C12H12BrN3O. The van der Waals surface area contributed by atoms with Crippen molar-refractivity contribution in [1.29, 1.82) is 0 Å². The molecule has 0 fully saturated rings. The van der Waals surface area contributed by atoms with Crippen molar-refractivity contribution in [3.8, 4) is 0 Å². The summed E-state index contributed by atoms with van der Waals surface area (Å²) in [6, 6.07) is 7.21. The fourth-order valence-electron chi connectivity index (χ4n) is 1.42. The van der Waals surface area contributed by atoms with Crippen LogP contribution in [0.3, 0.4) is 0 Å². The molecule has 1 heterocycles. The van der Waals surface area contributed by atoms with Crippen LogP contribution in [0, 0.1) is 6.92 Å². The molecule has 0 spiro atoms. The first-order valence-corrected chi connectivity index (χ1v) is 5.93. The van der Waals surface area contributed by atoms with Gasteiger partial charge in [0.2, 0.25) is 0 Å². The van der Waals surface area contributed by atoms with E-state index in [0.717, 1.165) is 15.9 Å². The van der Waals surface area contributed by atoms with Gasteiger partial charge in [0.1, 0.15) is 0 Å². The second-order valence-corrected chi connectivity index (χ2v) is 4.64. The number of benzene rings is 1. The van der Waals surface area contributed by atoms with E-state index in [9.17, 15) is 4.79 Å². The van der Waals surface area contributed by atoms with Gasteiger partial charge in [0.25, 0.3) is 5.91 Å². The smallest absolute Gasteiger partial charge is 0.255 e. The van der Waals surface area contributed by atoms with Crippen LogP contribution in [-0.4, -0.2) is 15.7 Å². The van der Waals surface area contributed by atoms with Crippen LogP contribution in [0.4, 0.5) is 5.69 Å². The lowest BCUT2D eigenvalue weighted by molar-refractivity contribution is 0.102. The first-order valence-electron chi connectivity index (χ1n) is 5.13. The third-order valence-electron chi connectivity index (χ3n) is 2.59. The van der Waals surface area contributed by atoms with E-state index < -0.39 is 0 Å². The molecule has 0 aliphatic heterocycles. The summed E-state index contributed by atoms with van der Waals surface area (Å²) in [4.78, 5) is 11.9. The van der Waals surface area contributed by atoms with Gasteiger partial charge in [-0.15, -0.1) is 0 Å². The van der Waals surface area contributed by atoms with E-state index in [4.69, 9.17) is 0 Å². The zero-order chi connectivity index (χ0) is 12.4. The van der Waals surface area contributed by atoms with Crippen molar-refractivity contribution in [2.75, 3.05) is 5.32 Å². The molecule has 1 N–H and O–H groups in total. The highest BCUT2D eigenvalue weighted by Gasteiger charge is 2.09. The molecule has 1 aromatic heterocycles. The molecule has 0 bridgehead atoms. The van der Waals surface area contributed by atoms with Gasteiger partial charge in [-0.05, 0) is 31.2 Å². The number of nitrogens with zero attached hydrogens (tertiary/aromatic N) is 2. The average Bonchev–Trinajstić information content (AvgIpc) is 2.62. The largest absolute Gasteiger partial charge is 0.319 e. The summed E-state index contributed by atoms with van der Waals surface area (Å²) in [7, 11) is 1.84. The molecule has 88 valence electrons. The number of halogens is 1. The van der Waals surface area contributed by atoms with Crippen LogP contribution < -0.4 is 5.32 Å². The minimum atomic E-state index is -0.131. The number of carbonyl (C=O) groups is 1. The van der Waals surface area contributed by atoms with Crippen molar-refractivity contribution < 1.29 is 4.79 Å². The lowest BCUT2D eigenvalue weighted by Gasteiger charge is -2.04. The van der Waals surface area contributed by atoms with Gasteiger partial charge < -0.3 is 5.32 Å². The topological polar surface area (TPSA) is 46.9 Å². The zero-order valence-electron chi connectivity index (χ0n) is 9.57. The number of amides is 1.